The van der Waals surface area contributed by atoms with E-state index in [1.165, 1.54) is 117 Å². The fraction of sp³-hybridized carbons (Fsp3) is 0.707. The molecule has 0 bridgehead atoms. The molecule has 2 saturated carbocycles. The van der Waals surface area contributed by atoms with Crippen LogP contribution in [-0.4, -0.2) is 6.61 Å². The van der Waals surface area contributed by atoms with Crippen LogP contribution in [0.2, 0.25) is 0 Å². The number of benzene rings is 2. The monoisotopic (exact) mass is 572 g/mol. The third kappa shape index (κ3) is 7.84. The van der Waals surface area contributed by atoms with Crippen molar-refractivity contribution in [2.75, 3.05) is 6.61 Å². The first-order valence-electron chi connectivity index (χ1n) is 18.3. The van der Waals surface area contributed by atoms with Crippen molar-refractivity contribution >= 4 is 0 Å². The van der Waals surface area contributed by atoms with E-state index in [9.17, 15) is 0 Å². The molecule has 1 heteroatoms. The van der Waals surface area contributed by atoms with Crippen molar-refractivity contribution in [3.8, 4) is 16.9 Å². The zero-order valence-corrected chi connectivity index (χ0v) is 28.6. The average Bonchev–Trinajstić information content (AvgIpc) is 3.05. The van der Waals surface area contributed by atoms with Gasteiger partial charge in [-0.05, 0) is 127 Å². The van der Waals surface area contributed by atoms with Gasteiger partial charge in [-0.25, -0.2) is 0 Å². The molecule has 2 aliphatic carbocycles. The van der Waals surface area contributed by atoms with E-state index in [-0.39, 0.29) is 5.41 Å². The summed E-state index contributed by atoms with van der Waals surface area (Å²) in [6.45, 7) is 17.2. The van der Waals surface area contributed by atoms with Crippen molar-refractivity contribution in [1.29, 1.82) is 0 Å². The summed E-state index contributed by atoms with van der Waals surface area (Å²) < 4.78 is 6.78. The van der Waals surface area contributed by atoms with E-state index in [0.717, 1.165) is 49.5 Å². The summed E-state index contributed by atoms with van der Waals surface area (Å²) in [5.74, 6) is 4.92. The predicted octanol–water partition coefficient (Wildman–Crippen LogP) is 12.5. The van der Waals surface area contributed by atoms with Gasteiger partial charge in [-0.2, -0.15) is 0 Å². The molecule has 42 heavy (non-hydrogen) atoms. The van der Waals surface area contributed by atoms with Crippen LogP contribution in [0, 0.1) is 23.2 Å². The van der Waals surface area contributed by atoms with Gasteiger partial charge in [0.15, 0.2) is 0 Å². The molecule has 2 aliphatic rings. The molecule has 0 spiro atoms. The number of rotatable bonds is 14. The van der Waals surface area contributed by atoms with E-state index in [1.54, 1.807) is 5.56 Å². The molecule has 0 radical (unpaired) electrons. The molecule has 2 fully saturated rings. The minimum Gasteiger partial charge on any atom is -0.492 e. The maximum atomic E-state index is 6.78. The zero-order chi connectivity index (χ0) is 30.1. The standard InChI is InChI=1S/C41H64O/c1-8-33-28-39(37(9-2)38(10-3)40(33)42-29-41(11-4,12-5)13-6)36-26-24-35(25-27-36)34-22-20-32(21-23-34)19-18-31-16-14-30(7)15-17-31/h24-28,30-32,34H,8-23,29H2,1-7H3. The molecule has 2 aromatic rings. The molecule has 1 nitrogen and oxygen atoms in total. The van der Waals surface area contributed by atoms with E-state index >= 15 is 0 Å². The Morgan fingerprint density at radius 1 is 0.667 bits per heavy atom. The summed E-state index contributed by atoms with van der Waals surface area (Å²) in [4.78, 5) is 0. The van der Waals surface area contributed by atoms with Crippen LogP contribution < -0.4 is 4.74 Å². The van der Waals surface area contributed by atoms with Crippen molar-refractivity contribution in [3.05, 3.63) is 52.6 Å². The Labute approximate surface area is 260 Å². The van der Waals surface area contributed by atoms with Gasteiger partial charge in [0.2, 0.25) is 0 Å². The molecule has 4 rings (SSSR count). The van der Waals surface area contributed by atoms with Gasteiger partial charge in [0, 0.05) is 5.41 Å². The van der Waals surface area contributed by atoms with Gasteiger partial charge in [-0.1, -0.05) is 111 Å². The second-order valence-corrected chi connectivity index (χ2v) is 14.3. The molecule has 0 saturated heterocycles. The molecular weight excluding hydrogens is 508 g/mol. The van der Waals surface area contributed by atoms with Crippen molar-refractivity contribution in [3.63, 3.8) is 0 Å². The maximum Gasteiger partial charge on any atom is 0.125 e. The van der Waals surface area contributed by atoms with Gasteiger partial charge in [-0.15, -0.1) is 0 Å². The lowest BCUT2D eigenvalue weighted by Gasteiger charge is -2.32. The van der Waals surface area contributed by atoms with E-state index in [4.69, 9.17) is 4.74 Å². The van der Waals surface area contributed by atoms with E-state index in [1.807, 2.05) is 0 Å². The summed E-state index contributed by atoms with van der Waals surface area (Å²) >= 11 is 0. The fourth-order valence-corrected chi connectivity index (χ4v) is 8.39. The Hall–Kier alpha value is -1.76. The molecule has 0 aromatic heterocycles. The van der Waals surface area contributed by atoms with Crippen LogP contribution in [0.5, 0.6) is 5.75 Å². The van der Waals surface area contributed by atoms with E-state index in [2.05, 4.69) is 78.8 Å². The second-order valence-electron chi connectivity index (χ2n) is 14.3. The number of aryl methyl sites for hydroxylation is 1. The first-order chi connectivity index (χ1) is 20.4. The molecule has 0 atom stereocenters. The second kappa shape index (κ2) is 15.8. The normalized spacial score (nSPS) is 23.2. The zero-order valence-electron chi connectivity index (χ0n) is 28.6. The first-order valence-corrected chi connectivity index (χ1v) is 18.3. The quantitative estimate of drug-likeness (QED) is 0.219. The number of hydrogen-bond acceptors (Lipinski definition) is 1. The van der Waals surface area contributed by atoms with Crippen molar-refractivity contribution in [2.45, 2.75) is 157 Å². The van der Waals surface area contributed by atoms with Crippen LogP contribution in [0.15, 0.2) is 30.3 Å². The Balaban J connectivity index is 1.44. The van der Waals surface area contributed by atoms with Crippen LogP contribution in [0.25, 0.3) is 11.1 Å². The van der Waals surface area contributed by atoms with Crippen LogP contribution in [0.3, 0.4) is 0 Å². The van der Waals surface area contributed by atoms with Gasteiger partial charge in [0.05, 0.1) is 6.61 Å². The third-order valence-electron chi connectivity index (χ3n) is 12.1. The van der Waals surface area contributed by atoms with Crippen molar-refractivity contribution in [2.24, 2.45) is 23.2 Å². The molecule has 0 aliphatic heterocycles. The van der Waals surface area contributed by atoms with Gasteiger partial charge in [0.1, 0.15) is 5.75 Å². The van der Waals surface area contributed by atoms with Crippen LogP contribution in [0.1, 0.15) is 160 Å². The molecule has 2 aromatic carbocycles. The SMILES string of the molecule is CCc1cc(-c2ccc(C3CCC(CCC4CCC(C)CC4)CC3)cc2)c(CC)c(CC)c1OCC(CC)(CC)CC. The molecule has 0 N–H and O–H groups in total. The lowest BCUT2D eigenvalue weighted by atomic mass is 9.74. The van der Waals surface area contributed by atoms with Gasteiger partial charge in [-0.3, -0.25) is 0 Å². The van der Waals surface area contributed by atoms with E-state index in [0.29, 0.717) is 0 Å². The molecule has 0 amide bonds. The van der Waals surface area contributed by atoms with Crippen molar-refractivity contribution < 1.29 is 4.74 Å². The van der Waals surface area contributed by atoms with Crippen LogP contribution in [-0.2, 0) is 19.3 Å². The molecule has 0 heterocycles. The van der Waals surface area contributed by atoms with Crippen LogP contribution in [0.4, 0.5) is 0 Å². The lowest BCUT2D eigenvalue weighted by Crippen LogP contribution is -2.27. The largest absolute Gasteiger partial charge is 0.492 e. The Morgan fingerprint density at radius 3 is 1.71 bits per heavy atom. The van der Waals surface area contributed by atoms with Gasteiger partial charge < -0.3 is 4.74 Å². The topological polar surface area (TPSA) is 9.23 Å². The molecular formula is C41H64O. The average molecular weight is 573 g/mol. The summed E-state index contributed by atoms with van der Waals surface area (Å²) in [5, 5.41) is 0. The van der Waals surface area contributed by atoms with Crippen molar-refractivity contribution in [1.82, 2.24) is 0 Å². The summed E-state index contributed by atoms with van der Waals surface area (Å²) in [5.41, 5.74) is 8.96. The summed E-state index contributed by atoms with van der Waals surface area (Å²) in [6.07, 6.45) is 21.2. The van der Waals surface area contributed by atoms with Gasteiger partial charge in [0.25, 0.3) is 0 Å². The Kier molecular flexibility index (Phi) is 12.5. The highest BCUT2D eigenvalue weighted by molar-refractivity contribution is 5.73. The fourth-order valence-electron chi connectivity index (χ4n) is 8.39. The minimum atomic E-state index is 0.282. The van der Waals surface area contributed by atoms with Gasteiger partial charge >= 0.3 is 0 Å². The minimum absolute atomic E-state index is 0.282. The summed E-state index contributed by atoms with van der Waals surface area (Å²) in [7, 11) is 0. The number of ether oxygens (including phenoxy) is 1. The maximum absolute atomic E-state index is 6.78. The third-order valence-corrected chi connectivity index (χ3v) is 12.1. The Morgan fingerprint density at radius 2 is 1.21 bits per heavy atom. The summed E-state index contributed by atoms with van der Waals surface area (Å²) in [6, 6.07) is 12.2. The first kappa shape index (κ1) is 33.1. The predicted molar refractivity (Wildman–Crippen MR) is 184 cm³/mol. The van der Waals surface area contributed by atoms with E-state index < -0.39 is 0 Å². The molecule has 0 unspecified atom stereocenters. The molecule has 234 valence electrons. The number of hydrogen-bond donors (Lipinski definition) is 0. The highest BCUT2D eigenvalue weighted by atomic mass is 16.5. The highest BCUT2D eigenvalue weighted by Crippen LogP contribution is 2.42. The lowest BCUT2D eigenvalue weighted by molar-refractivity contribution is 0.126. The highest BCUT2D eigenvalue weighted by Gasteiger charge is 2.28. The Bertz CT molecular complexity index is 1070. The smallest absolute Gasteiger partial charge is 0.125 e. The van der Waals surface area contributed by atoms with Crippen LogP contribution >= 0.6 is 0 Å².